The number of rotatable bonds is 5. The molecule has 1 fully saturated rings. The molecule has 3 heterocycles. The molecule has 1 unspecified atom stereocenters. The molecule has 116 valence electrons. The minimum atomic E-state index is 0.0341. The van der Waals surface area contributed by atoms with Crippen LogP contribution in [0.1, 0.15) is 55.6 Å². The lowest BCUT2D eigenvalue weighted by Gasteiger charge is -2.32. The molecule has 0 saturated carbocycles. The first kappa shape index (κ1) is 14.9. The Hall–Kier alpha value is -1.04. The van der Waals surface area contributed by atoms with Gasteiger partial charge in [0.2, 0.25) is 0 Å². The van der Waals surface area contributed by atoms with Gasteiger partial charge in [0.15, 0.2) is 5.82 Å². The Morgan fingerprint density at radius 3 is 2.95 bits per heavy atom. The van der Waals surface area contributed by atoms with Crippen LogP contribution in [0.2, 0.25) is 0 Å². The number of fused-ring (bicyclic) bond motifs is 1. The Morgan fingerprint density at radius 1 is 1.24 bits per heavy atom. The fraction of sp³-hybridized carbons (Fsp3) is 0.750. The molecule has 1 aromatic heterocycles. The summed E-state index contributed by atoms with van der Waals surface area (Å²) in [5.74, 6) is 0.890. The van der Waals surface area contributed by atoms with Crippen molar-refractivity contribution in [1.29, 1.82) is 0 Å². The van der Waals surface area contributed by atoms with E-state index in [0.29, 0.717) is 0 Å². The molecule has 0 amide bonds. The monoisotopic (exact) mass is 290 g/mol. The average molecular weight is 290 g/mol. The Bertz CT molecular complexity index is 489. The molecule has 2 aliphatic heterocycles. The Morgan fingerprint density at radius 2 is 2.14 bits per heavy atom. The number of aromatic nitrogens is 2. The van der Waals surface area contributed by atoms with Crippen molar-refractivity contribution < 1.29 is 4.74 Å². The molecule has 5 heteroatoms. The van der Waals surface area contributed by atoms with Crippen molar-refractivity contribution in [3.05, 3.63) is 22.8 Å². The summed E-state index contributed by atoms with van der Waals surface area (Å²) in [5, 5.41) is 3.39. The quantitative estimate of drug-likeness (QED) is 0.896. The highest BCUT2D eigenvalue weighted by atomic mass is 16.5. The zero-order chi connectivity index (χ0) is 14.7. The topological polar surface area (TPSA) is 50.3 Å². The second kappa shape index (κ2) is 6.81. The summed E-state index contributed by atoms with van der Waals surface area (Å²) >= 11 is 0. The molecule has 0 aromatic carbocycles. The summed E-state index contributed by atoms with van der Waals surface area (Å²) in [6.07, 6.45) is 3.37. The van der Waals surface area contributed by atoms with Crippen LogP contribution in [0.25, 0.3) is 0 Å². The van der Waals surface area contributed by atoms with Crippen LogP contribution in [0.5, 0.6) is 0 Å². The fourth-order valence-corrected chi connectivity index (χ4v) is 3.22. The lowest BCUT2D eigenvalue weighted by molar-refractivity contribution is -0.0344. The van der Waals surface area contributed by atoms with Gasteiger partial charge in [-0.3, -0.25) is 4.90 Å². The van der Waals surface area contributed by atoms with E-state index in [0.717, 1.165) is 58.0 Å². The first-order chi connectivity index (χ1) is 10.3. The van der Waals surface area contributed by atoms with E-state index in [1.807, 2.05) is 0 Å². The summed E-state index contributed by atoms with van der Waals surface area (Å²) < 4.78 is 5.95. The molecule has 0 radical (unpaired) electrons. The number of morpholine rings is 1. The normalized spacial score (nSPS) is 22.5. The lowest BCUT2D eigenvalue weighted by atomic mass is 10.1. The van der Waals surface area contributed by atoms with Gasteiger partial charge >= 0.3 is 0 Å². The molecule has 1 saturated heterocycles. The van der Waals surface area contributed by atoms with E-state index in [-0.39, 0.29) is 6.10 Å². The van der Waals surface area contributed by atoms with Crippen LogP contribution in [-0.2, 0) is 24.2 Å². The van der Waals surface area contributed by atoms with Crippen molar-refractivity contribution in [2.24, 2.45) is 0 Å². The van der Waals surface area contributed by atoms with E-state index in [2.05, 4.69) is 24.1 Å². The van der Waals surface area contributed by atoms with E-state index in [1.165, 1.54) is 23.4 Å². The molecule has 1 N–H and O–H groups in total. The highest BCUT2D eigenvalue weighted by Crippen LogP contribution is 2.24. The van der Waals surface area contributed by atoms with Gasteiger partial charge in [-0.1, -0.05) is 20.3 Å². The lowest BCUT2D eigenvalue weighted by Crippen LogP contribution is -2.39. The van der Waals surface area contributed by atoms with E-state index < -0.39 is 0 Å². The number of nitrogens with zero attached hydrogens (tertiary/aromatic N) is 3. The minimum absolute atomic E-state index is 0.0341. The van der Waals surface area contributed by atoms with Gasteiger partial charge in [-0.05, 0) is 19.4 Å². The van der Waals surface area contributed by atoms with Gasteiger partial charge in [0.25, 0.3) is 0 Å². The van der Waals surface area contributed by atoms with Gasteiger partial charge in [0, 0.05) is 37.4 Å². The fourth-order valence-electron chi connectivity index (χ4n) is 3.22. The second-order valence-corrected chi connectivity index (χ2v) is 5.97. The molecule has 0 bridgehead atoms. The van der Waals surface area contributed by atoms with Gasteiger partial charge in [0.1, 0.15) is 6.10 Å². The molecular weight excluding hydrogens is 264 g/mol. The average Bonchev–Trinajstić information content (AvgIpc) is 2.97. The molecule has 5 nitrogen and oxygen atoms in total. The first-order valence-electron chi connectivity index (χ1n) is 8.25. The molecule has 3 rings (SSSR count). The van der Waals surface area contributed by atoms with Gasteiger partial charge in [-0.25, -0.2) is 9.97 Å². The molecule has 0 spiro atoms. The van der Waals surface area contributed by atoms with Crippen molar-refractivity contribution >= 4 is 0 Å². The molecule has 1 aromatic rings. The van der Waals surface area contributed by atoms with E-state index in [1.54, 1.807) is 0 Å². The second-order valence-electron chi connectivity index (χ2n) is 5.97. The number of hydrogen-bond acceptors (Lipinski definition) is 5. The standard InChI is InChI=1S/C16H26N4O/c1-3-5-13-12-9-17-10-14(12)19-16(18-13)15-11-20(6-4-2)7-8-21-15/h15,17H,3-11H2,1-2H3. The number of ether oxygens (including phenoxy) is 1. The van der Waals surface area contributed by atoms with Crippen molar-refractivity contribution in [3.8, 4) is 0 Å². The van der Waals surface area contributed by atoms with E-state index in [9.17, 15) is 0 Å². The summed E-state index contributed by atoms with van der Waals surface area (Å²) in [6.45, 7) is 10.1. The van der Waals surface area contributed by atoms with Gasteiger partial charge < -0.3 is 10.1 Å². The van der Waals surface area contributed by atoms with E-state index in [4.69, 9.17) is 14.7 Å². The molecule has 0 aliphatic carbocycles. The van der Waals surface area contributed by atoms with Crippen LogP contribution in [0.15, 0.2) is 0 Å². The Balaban J connectivity index is 1.83. The highest BCUT2D eigenvalue weighted by molar-refractivity contribution is 5.30. The maximum absolute atomic E-state index is 5.95. The third-order valence-corrected chi connectivity index (χ3v) is 4.26. The number of hydrogen-bond donors (Lipinski definition) is 1. The Labute approximate surface area is 127 Å². The van der Waals surface area contributed by atoms with Gasteiger partial charge in [-0.2, -0.15) is 0 Å². The molecule has 2 aliphatic rings. The largest absolute Gasteiger partial charge is 0.368 e. The maximum Gasteiger partial charge on any atom is 0.158 e. The predicted octanol–water partition coefficient (Wildman–Crippen LogP) is 1.82. The molecular formula is C16H26N4O. The van der Waals surface area contributed by atoms with Crippen LogP contribution in [-0.4, -0.2) is 41.1 Å². The third kappa shape index (κ3) is 3.25. The molecule has 21 heavy (non-hydrogen) atoms. The minimum Gasteiger partial charge on any atom is -0.368 e. The zero-order valence-electron chi connectivity index (χ0n) is 13.2. The van der Waals surface area contributed by atoms with E-state index >= 15 is 0 Å². The van der Waals surface area contributed by atoms with Crippen molar-refractivity contribution in [3.63, 3.8) is 0 Å². The highest BCUT2D eigenvalue weighted by Gasteiger charge is 2.26. The Kier molecular flexibility index (Phi) is 4.83. The SMILES string of the molecule is CCCc1nc(C2CN(CCC)CCO2)nc2c1CNC2. The predicted molar refractivity (Wildman–Crippen MR) is 82.0 cm³/mol. The molecule has 1 atom stereocenters. The first-order valence-corrected chi connectivity index (χ1v) is 8.25. The number of nitrogens with one attached hydrogen (secondary N) is 1. The summed E-state index contributed by atoms with van der Waals surface area (Å²) in [6, 6.07) is 0. The van der Waals surface area contributed by atoms with Crippen LogP contribution in [0, 0.1) is 0 Å². The van der Waals surface area contributed by atoms with Crippen molar-refractivity contribution in [1.82, 2.24) is 20.2 Å². The van der Waals surface area contributed by atoms with Crippen LogP contribution >= 0.6 is 0 Å². The van der Waals surface area contributed by atoms with Crippen LogP contribution < -0.4 is 5.32 Å². The summed E-state index contributed by atoms with van der Waals surface area (Å²) in [4.78, 5) is 12.1. The summed E-state index contributed by atoms with van der Waals surface area (Å²) in [7, 11) is 0. The van der Waals surface area contributed by atoms with Crippen molar-refractivity contribution in [2.45, 2.75) is 52.3 Å². The zero-order valence-corrected chi connectivity index (χ0v) is 13.2. The third-order valence-electron chi connectivity index (χ3n) is 4.26. The summed E-state index contributed by atoms with van der Waals surface area (Å²) in [5.41, 5.74) is 3.72. The van der Waals surface area contributed by atoms with Gasteiger partial charge in [-0.15, -0.1) is 0 Å². The smallest absolute Gasteiger partial charge is 0.158 e. The van der Waals surface area contributed by atoms with Crippen molar-refractivity contribution in [2.75, 3.05) is 26.2 Å². The maximum atomic E-state index is 5.95. The van der Waals surface area contributed by atoms with Crippen LogP contribution in [0.3, 0.4) is 0 Å². The van der Waals surface area contributed by atoms with Crippen LogP contribution in [0.4, 0.5) is 0 Å². The number of aryl methyl sites for hydroxylation is 1. The van der Waals surface area contributed by atoms with Gasteiger partial charge in [0.05, 0.1) is 12.3 Å².